The van der Waals surface area contributed by atoms with E-state index in [4.69, 9.17) is 0 Å². The summed E-state index contributed by atoms with van der Waals surface area (Å²) < 4.78 is 3.81. The van der Waals surface area contributed by atoms with Gasteiger partial charge in [-0.1, -0.05) is 6.07 Å². The van der Waals surface area contributed by atoms with Crippen molar-refractivity contribution in [1.29, 1.82) is 0 Å². The summed E-state index contributed by atoms with van der Waals surface area (Å²) in [5, 5.41) is 8.47. The molecule has 0 saturated heterocycles. The maximum Gasteiger partial charge on any atom is 0.260 e. The van der Waals surface area contributed by atoms with Crippen LogP contribution >= 0.6 is 23.1 Å². The number of anilines is 1. The van der Waals surface area contributed by atoms with Crippen LogP contribution in [-0.2, 0) is 18.7 Å². The Labute approximate surface area is 176 Å². The number of thioether (sulfide) groups is 1. The molecule has 0 radical (unpaired) electrons. The van der Waals surface area contributed by atoms with Crippen LogP contribution in [0, 0.1) is 0 Å². The molecule has 5 heterocycles. The summed E-state index contributed by atoms with van der Waals surface area (Å²) in [6.07, 6.45) is 8.53. The van der Waals surface area contributed by atoms with Gasteiger partial charge in [-0.3, -0.25) is 14.5 Å². The SMILES string of the molecule is O=C(Nc1ccn(Cc2ccccn2)n1)c1c(-n2cccc2)sc2c1CCSC2. The Hall–Kier alpha value is -2.84. The summed E-state index contributed by atoms with van der Waals surface area (Å²) in [5.74, 6) is 2.48. The van der Waals surface area contributed by atoms with Gasteiger partial charge in [-0.2, -0.15) is 16.9 Å². The van der Waals surface area contributed by atoms with Gasteiger partial charge < -0.3 is 9.88 Å². The third-order valence-electron chi connectivity index (χ3n) is 4.80. The molecule has 1 N–H and O–H groups in total. The predicted octanol–water partition coefficient (Wildman–Crippen LogP) is 4.22. The minimum absolute atomic E-state index is 0.0961. The highest BCUT2D eigenvalue weighted by atomic mass is 32.2. The van der Waals surface area contributed by atoms with E-state index >= 15 is 0 Å². The number of aromatic nitrogens is 4. The Balaban J connectivity index is 1.41. The Bertz CT molecular complexity index is 1130. The summed E-state index contributed by atoms with van der Waals surface area (Å²) in [6, 6.07) is 11.6. The first-order valence-corrected chi connectivity index (χ1v) is 11.4. The number of thiophene rings is 1. The standard InChI is InChI=1S/C21H19N5OS2/c27-20(23-18-6-11-26(24-18)13-15-5-1-2-8-22-15)19-16-7-12-28-14-17(16)29-21(19)25-9-3-4-10-25/h1-6,8-11H,7,12-14H2,(H,23,24,27). The molecule has 0 aliphatic carbocycles. The molecule has 0 atom stereocenters. The molecular weight excluding hydrogens is 402 g/mol. The van der Waals surface area contributed by atoms with E-state index in [9.17, 15) is 4.79 Å². The predicted molar refractivity (Wildman–Crippen MR) is 117 cm³/mol. The third kappa shape index (κ3) is 3.73. The van der Waals surface area contributed by atoms with Crippen molar-refractivity contribution in [2.24, 2.45) is 0 Å². The first-order chi connectivity index (χ1) is 14.3. The first-order valence-electron chi connectivity index (χ1n) is 9.38. The molecule has 1 amide bonds. The van der Waals surface area contributed by atoms with Gasteiger partial charge in [-0.05, 0) is 42.0 Å². The molecule has 8 heteroatoms. The van der Waals surface area contributed by atoms with Crippen LogP contribution in [0.5, 0.6) is 0 Å². The molecule has 0 spiro atoms. The second-order valence-electron chi connectivity index (χ2n) is 6.75. The van der Waals surface area contributed by atoms with Crippen LogP contribution in [0.15, 0.2) is 61.2 Å². The number of fused-ring (bicyclic) bond motifs is 1. The van der Waals surface area contributed by atoms with Gasteiger partial charge in [0.2, 0.25) is 0 Å². The third-order valence-corrected chi connectivity index (χ3v) is 7.21. The van der Waals surface area contributed by atoms with Gasteiger partial charge in [0, 0.05) is 41.5 Å². The van der Waals surface area contributed by atoms with Crippen LogP contribution in [0.3, 0.4) is 0 Å². The first kappa shape index (κ1) is 18.2. The highest BCUT2D eigenvalue weighted by Crippen LogP contribution is 2.38. The lowest BCUT2D eigenvalue weighted by atomic mass is 10.1. The Morgan fingerprint density at radius 1 is 1.14 bits per heavy atom. The van der Waals surface area contributed by atoms with Gasteiger partial charge in [0.1, 0.15) is 5.00 Å². The summed E-state index contributed by atoms with van der Waals surface area (Å²) in [4.78, 5) is 18.9. The molecule has 0 bridgehead atoms. The zero-order chi connectivity index (χ0) is 19.6. The van der Waals surface area contributed by atoms with Gasteiger partial charge in [-0.15, -0.1) is 11.3 Å². The number of carbonyl (C=O) groups is 1. The van der Waals surface area contributed by atoms with Gasteiger partial charge in [-0.25, -0.2) is 0 Å². The van der Waals surface area contributed by atoms with Crippen molar-refractivity contribution in [2.45, 2.75) is 18.7 Å². The summed E-state index contributed by atoms with van der Waals surface area (Å²) in [6.45, 7) is 0.566. The Morgan fingerprint density at radius 3 is 2.86 bits per heavy atom. The van der Waals surface area contributed by atoms with Crippen molar-refractivity contribution >= 4 is 34.8 Å². The lowest BCUT2D eigenvalue weighted by Gasteiger charge is -2.12. The molecule has 0 unspecified atom stereocenters. The average molecular weight is 422 g/mol. The van der Waals surface area contributed by atoms with Gasteiger partial charge in [0.05, 0.1) is 17.8 Å². The number of hydrogen-bond donors (Lipinski definition) is 1. The highest BCUT2D eigenvalue weighted by molar-refractivity contribution is 7.98. The van der Waals surface area contributed by atoms with Crippen molar-refractivity contribution in [1.82, 2.24) is 19.3 Å². The zero-order valence-corrected chi connectivity index (χ0v) is 17.2. The normalized spacial score (nSPS) is 13.2. The quantitative estimate of drug-likeness (QED) is 0.524. The molecule has 0 aromatic carbocycles. The minimum Gasteiger partial charge on any atom is -0.315 e. The fraction of sp³-hybridized carbons (Fsp3) is 0.190. The molecule has 4 aromatic heterocycles. The smallest absolute Gasteiger partial charge is 0.260 e. The molecular formula is C21H19N5OS2. The van der Waals surface area contributed by atoms with E-state index in [1.54, 1.807) is 22.2 Å². The second kappa shape index (κ2) is 7.88. The van der Waals surface area contributed by atoms with Gasteiger partial charge >= 0.3 is 0 Å². The monoisotopic (exact) mass is 421 g/mol. The Morgan fingerprint density at radius 2 is 2.03 bits per heavy atom. The van der Waals surface area contributed by atoms with E-state index in [1.165, 1.54) is 10.4 Å². The molecule has 0 fully saturated rings. The van der Waals surface area contributed by atoms with Gasteiger partial charge in [0.15, 0.2) is 5.82 Å². The minimum atomic E-state index is -0.0961. The molecule has 4 aromatic rings. The van der Waals surface area contributed by atoms with Crippen molar-refractivity contribution in [2.75, 3.05) is 11.1 Å². The van der Waals surface area contributed by atoms with E-state index in [2.05, 4.69) is 15.4 Å². The lowest BCUT2D eigenvalue weighted by Crippen LogP contribution is -2.17. The molecule has 1 aliphatic rings. The molecule has 5 rings (SSSR count). The zero-order valence-electron chi connectivity index (χ0n) is 15.6. The summed E-state index contributed by atoms with van der Waals surface area (Å²) >= 11 is 3.64. The second-order valence-corrected chi connectivity index (χ2v) is 8.94. The average Bonchev–Trinajstić information content (AvgIpc) is 3.48. The molecule has 6 nitrogen and oxygen atoms in total. The number of rotatable bonds is 5. The molecule has 1 aliphatic heterocycles. The summed E-state index contributed by atoms with van der Waals surface area (Å²) in [7, 11) is 0. The van der Waals surface area contributed by atoms with E-state index in [0.717, 1.165) is 34.2 Å². The fourth-order valence-corrected chi connectivity index (χ4v) is 5.90. The Kier molecular flexibility index (Phi) is 4.95. The lowest BCUT2D eigenvalue weighted by molar-refractivity contribution is 0.102. The van der Waals surface area contributed by atoms with Crippen molar-refractivity contribution in [3.05, 3.63) is 82.9 Å². The maximum absolute atomic E-state index is 13.2. The van der Waals surface area contributed by atoms with E-state index in [1.807, 2.05) is 71.3 Å². The largest absolute Gasteiger partial charge is 0.315 e. The van der Waals surface area contributed by atoms with Crippen LogP contribution in [0.2, 0.25) is 0 Å². The number of hydrogen-bond acceptors (Lipinski definition) is 5. The summed E-state index contributed by atoms with van der Waals surface area (Å²) in [5.41, 5.74) is 2.89. The number of nitrogens with zero attached hydrogens (tertiary/aromatic N) is 4. The molecule has 0 saturated carbocycles. The van der Waals surface area contributed by atoms with Crippen LogP contribution in [0.25, 0.3) is 5.00 Å². The number of amides is 1. The topological polar surface area (TPSA) is 64.7 Å². The highest BCUT2D eigenvalue weighted by Gasteiger charge is 2.26. The molecule has 146 valence electrons. The molecule has 29 heavy (non-hydrogen) atoms. The van der Waals surface area contributed by atoms with E-state index in [-0.39, 0.29) is 5.91 Å². The number of carbonyl (C=O) groups excluding carboxylic acids is 1. The number of pyridine rings is 1. The van der Waals surface area contributed by atoms with E-state index < -0.39 is 0 Å². The number of nitrogens with one attached hydrogen (secondary N) is 1. The van der Waals surface area contributed by atoms with Crippen LogP contribution in [0.1, 0.15) is 26.5 Å². The van der Waals surface area contributed by atoms with Crippen LogP contribution in [-0.4, -0.2) is 31.0 Å². The van der Waals surface area contributed by atoms with E-state index in [0.29, 0.717) is 12.4 Å². The van der Waals surface area contributed by atoms with Crippen molar-refractivity contribution in [3.63, 3.8) is 0 Å². The van der Waals surface area contributed by atoms with Crippen LogP contribution < -0.4 is 5.32 Å². The van der Waals surface area contributed by atoms with Crippen LogP contribution in [0.4, 0.5) is 5.82 Å². The fourth-order valence-electron chi connectivity index (χ4n) is 3.46. The maximum atomic E-state index is 13.2. The van der Waals surface area contributed by atoms with Crippen molar-refractivity contribution in [3.8, 4) is 5.00 Å². The van der Waals surface area contributed by atoms with Gasteiger partial charge in [0.25, 0.3) is 5.91 Å². The van der Waals surface area contributed by atoms with Crippen molar-refractivity contribution < 1.29 is 4.79 Å².